The molecule has 8 heteroatoms. The Labute approximate surface area is 127 Å². The van der Waals surface area contributed by atoms with Gasteiger partial charge in [0.2, 0.25) is 0 Å². The van der Waals surface area contributed by atoms with E-state index in [1.807, 2.05) is 6.07 Å². The molecule has 0 atom stereocenters. The number of ether oxygens (including phenoxy) is 1. The molecule has 0 N–H and O–H groups in total. The zero-order chi connectivity index (χ0) is 15.4. The van der Waals surface area contributed by atoms with E-state index in [-0.39, 0.29) is 28.2 Å². The Morgan fingerprint density at radius 3 is 2.90 bits per heavy atom. The number of nitro benzene ring substituents is 1. The molecule has 0 bridgehead atoms. The van der Waals surface area contributed by atoms with Crippen molar-refractivity contribution in [1.82, 2.24) is 4.98 Å². The minimum atomic E-state index is -0.664. The van der Waals surface area contributed by atoms with Crippen LogP contribution in [0, 0.1) is 27.3 Å². The van der Waals surface area contributed by atoms with E-state index in [9.17, 15) is 14.5 Å². The first-order chi connectivity index (χ1) is 10.0. The van der Waals surface area contributed by atoms with E-state index >= 15 is 0 Å². The van der Waals surface area contributed by atoms with Gasteiger partial charge in [0.05, 0.1) is 9.40 Å². The van der Waals surface area contributed by atoms with E-state index in [0.29, 0.717) is 5.56 Å². The second-order valence-electron chi connectivity index (χ2n) is 3.94. The minimum Gasteiger partial charge on any atom is -0.482 e. The van der Waals surface area contributed by atoms with Crippen LogP contribution in [0.5, 0.6) is 5.75 Å². The Morgan fingerprint density at radius 2 is 2.24 bits per heavy atom. The van der Waals surface area contributed by atoms with E-state index in [0.717, 1.165) is 12.1 Å². The van der Waals surface area contributed by atoms with Crippen LogP contribution in [0.15, 0.2) is 34.9 Å². The molecular weight excluding hydrogens is 345 g/mol. The quantitative estimate of drug-likeness (QED) is 0.622. The van der Waals surface area contributed by atoms with Crippen molar-refractivity contribution < 1.29 is 14.1 Å². The number of nitriles is 1. The summed E-state index contributed by atoms with van der Waals surface area (Å²) in [4.78, 5) is 14.1. The van der Waals surface area contributed by atoms with Crippen molar-refractivity contribution in [2.45, 2.75) is 6.61 Å². The Morgan fingerprint density at radius 1 is 1.48 bits per heavy atom. The van der Waals surface area contributed by atoms with Gasteiger partial charge in [0.1, 0.15) is 24.2 Å². The molecule has 0 spiro atoms. The van der Waals surface area contributed by atoms with E-state index in [4.69, 9.17) is 10.00 Å². The fraction of sp³-hybridized carbons (Fsp3) is 0.0769. The Kier molecular flexibility index (Phi) is 4.45. The lowest BCUT2D eigenvalue weighted by molar-refractivity contribution is -0.386. The van der Waals surface area contributed by atoms with Crippen molar-refractivity contribution in [3.63, 3.8) is 0 Å². The summed E-state index contributed by atoms with van der Waals surface area (Å²) in [6.07, 6.45) is 1.42. The van der Waals surface area contributed by atoms with Crippen molar-refractivity contribution in [1.29, 1.82) is 5.26 Å². The SMILES string of the molecule is N#Cc1cc(COc2cc(F)c(Br)cc2[N+](=O)[O-])ccn1. The molecule has 1 aromatic heterocycles. The van der Waals surface area contributed by atoms with Gasteiger partial charge in [-0.05, 0) is 33.6 Å². The molecule has 1 heterocycles. The molecule has 0 radical (unpaired) electrons. The molecule has 0 aliphatic carbocycles. The van der Waals surface area contributed by atoms with E-state index in [1.54, 1.807) is 6.07 Å². The number of pyridine rings is 1. The largest absolute Gasteiger partial charge is 0.482 e. The fourth-order valence-corrected chi connectivity index (χ4v) is 1.89. The van der Waals surface area contributed by atoms with Crippen LogP contribution in [0.4, 0.5) is 10.1 Å². The third-order valence-electron chi connectivity index (χ3n) is 2.53. The van der Waals surface area contributed by atoms with Gasteiger partial charge < -0.3 is 4.74 Å². The molecule has 2 rings (SSSR count). The zero-order valence-corrected chi connectivity index (χ0v) is 12.0. The molecule has 0 unspecified atom stereocenters. The molecule has 1 aromatic carbocycles. The van der Waals surface area contributed by atoms with Gasteiger partial charge in [-0.1, -0.05) is 0 Å². The third-order valence-corrected chi connectivity index (χ3v) is 3.14. The Hall–Kier alpha value is -2.53. The maximum absolute atomic E-state index is 13.5. The van der Waals surface area contributed by atoms with Crippen LogP contribution in [-0.4, -0.2) is 9.91 Å². The highest BCUT2D eigenvalue weighted by Crippen LogP contribution is 2.32. The number of halogens is 2. The number of nitrogens with zero attached hydrogens (tertiary/aromatic N) is 3. The van der Waals surface area contributed by atoms with Gasteiger partial charge in [0, 0.05) is 18.3 Å². The smallest absolute Gasteiger partial charge is 0.312 e. The molecule has 6 nitrogen and oxygen atoms in total. The average molecular weight is 352 g/mol. The highest BCUT2D eigenvalue weighted by atomic mass is 79.9. The summed E-state index contributed by atoms with van der Waals surface area (Å²) in [6, 6.07) is 6.94. The summed E-state index contributed by atoms with van der Waals surface area (Å²) in [5.41, 5.74) is 0.449. The summed E-state index contributed by atoms with van der Waals surface area (Å²) >= 11 is 2.88. The van der Waals surface area contributed by atoms with Gasteiger partial charge in [0.15, 0.2) is 5.75 Å². The monoisotopic (exact) mass is 351 g/mol. The second-order valence-corrected chi connectivity index (χ2v) is 4.80. The van der Waals surface area contributed by atoms with Crippen molar-refractivity contribution in [3.05, 3.63) is 62.1 Å². The standard InChI is InChI=1S/C13H7BrFN3O3/c14-10-4-12(18(19)20)13(5-11(10)15)21-7-8-1-2-17-9(3-8)6-16/h1-5H,7H2. The normalized spacial score (nSPS) is 9.95. The Balaban J connectivity index is 2.25. The molecule has 0 saturated heterocycles. The van der Waals surface area contributed by atoms with Crippen molar-refractivity contribution in [2.75, 3.05) is 0 Å². The zero-order valence-electron chi connectivity index (χ0n) is 10.4. The number of hydrogen-bond donors (Lipinski definition) is 0. The molecular formula is C13H7BrFN3O3. The summed E-state index contributed by atoms with van der Waals surface area (Å²) in [5, 5.41) is 19.7. The van der Waals surface area contributed by atoms with Crippen LogP contribution in [0.2, 0.25) is 0 Å². The highest BCUT2D eigenvalue weighted by molar-refractivity contribution is 9.10. The topological polar surface area (TPSA) is 89.0 Å². The summed E-state index contributed by atoms with van der Waals surface area (Å²) < 4.78 is 18.7. The van der Waals surface area contributed by atoms with Gasteiger partial charge >= 0.3 is 5.69 Å². The predicted molar refractivity (Wildman–Crippen MR) is 74.0 cm³/mol. The number of nitro groups is 1. The maximum Gasteiger partial charge on any atom is 0.312 e. The lowest BCUT2D eigenvalue weighted by Crippen LogP contribution is -2.01. The number of benzene rings is 1. The van der Waals surface area contributed by atoms with Crippen molar-refractivity contribution in [3.8, 4) is 11.8 Å². The molecule has 2 aromatic rings. The summed E-state index contributed by atoms with van der Waals surface area (Å²) in [7, 11) is 0. The van der Waals surface area contributed by atoms with E-state index < -0.39 is 10.7 Å². The van der Waals surface area contributed by atoms with Crippen LogP contribution in [0.3, 0.4) is 0 Å². The molecule has 0 aliphatic rings. The molecule has 0 saturated carbocycles. The average Bonchev–Trinajstić information content (AvgIpc) is 2.48. The first kappa shape index (κ1) is 14.9. The molecule has 0 aliphatic heterocycles. The Bertz CT molecular complexity index is 746. The second kappa shape index (κ2) is 6.28. The van der Waals surface area contributed by atoms with Gasteiger partial charge in [-0.2, -0.15) is 5.26 Å². The molecule has 0 fully saturated rings. The lowest BCUT2D eigenvalue weighted by Gasteiger charge is -2.08. The minimum absolute atomic E-state index is 0.0165. The van der Waals surface area contributed by atoms with Crippen LogP contribution in [0.1, 0.15) is 11.3 Å². The van der Waals surface area contributed by atoms with Crippen LogP contribution >= 0.6 is 15.9 Å². The van der Waals surface area contributed by atoms with Gasteiger partial charge in [-0.25, -0.2) is 9.37 Å². The van der Waals surface area contributed by atoms with Crippen LogP contribution in [0.25, 0.3) is 0 Å². The van der Waals surface area contributed by atoms with Gasteiger partial charge in [-0.15, -0.1) is 0 Å². The molecule has 0 amide bonds. The first-order valence-corrected chi connectivity index (χ1v) is 6.42. The number of hydrogen-bond acceptors (Lipinski definition) is 5. The van der Waals surface area contributed by atoms with Gasteiger partial charge in [-0.3, -0.25) is 10.1 Å². The third kappa shape index (κ3) is 3.52. The molecule has 21 heavy (non-hydrogen) atoms. The first-order valence-electron chi connectivity index (χ1n) is 5.62. The van der Waals surface area contributed by atoms with Crippen molar-refractivity contribution >= 4 is 21.6 Å². The highest BCUT2D eigenvalue weighted by Gasteiger charge is 2.19. The van der Waals surface area contributed by atoms with Crippen LogP contribution < -0.4 is 4.74 Å². The summed E-state index contributed by atoms with van der Waals surface area (Å²) in [6.45, 7) is -0.0425. The van der Waals surface area contributed by atoms with Crippen molar-refractivity contribution in [2.24, 2.45) is 0 Å². The fourth-order valence-electron chi connectivity index (χ4n) is 1.56. The lowest BCUT2D eigenvalue weighted by atomic mass is 10.2. The number of rotatable bonds is 4. The van der Waals surface area contributed by atoms with Gasteiger partial charge in [0.25, 0.3) is 0 Å². The maximum atomic E-state index is 13.5. The van der Waals surface area contributed by atoms with E-state index in [1.165, 1.54) is 12.3 Å². The van der Waals surface area contributed by atoms with E-state index in [2.05, 4.69) is 20.9 Å². The summed E-state index contributed by atoms with van der Waals surface area (Å²) in [5.74, 6) is -0.848. The molecule has 106 valence electrons. The number of aromatic nitrogens is 1. The predicted octanol–water partition coefficient (Wildman–Crippen LogP) is 3.34. The van der Waals surface area contributed by atoms with Crippen LogP contribution in [-0.2, 0) is 6.61 Å².